The maximum atomic E-state index is 5.24. The Kier molecular flexibility index (Phi) is 5.20. The van der Waals surface area contributed by atoms with E-state index >= 15 is 0 Å². The van der Waals surface area contributed by atoms with Crippen LogP contribution in [0.2, 0.25) is 0 Å². The summed E-state index contributed by atoms with van der Waals surface area (Å²) in [4.78, 5) is 10.5. The van der Waals surface area contributed by atoms with E-state index in [9.17, 15) is 0 Å². The van der Waals surface area contributed by atoms with E-state index in [1.807, 2.05) is 0 Å². The first kappa shape index (κ1) is 21.2. The fourth-order valence-electron chi connectivity index (χ4n) is 4.80. The summed E-state index contributed by atoms with van der Waals surface area (Å²) in [5.74, 6) is 0. The number of nitrogens with zero attached hydrogens (tertiary/aromatic N) is 2. The number of aromatic nitrogens is 2. The van der Waals surface area contributed by atoms with Crippen molar-refractivity contribution in [3.8, 4) is 44.8 Å². The van der Waals surface area contributed by atoms with Gasteiger partial charge < -0.3 is 0 Å². The lowest BCUT2D eigenvalue weighted by Gasteiger charge is -2.15. The Bertz CT molecular complexity index is 1670. The largest absolute Gasteiger partial charge is 0.245 e. The number of benzene rings is 3. The van der Waals surface area contributed by atoms with Gasteiger partial charge in [-0.1, -0.05) is 72.8 Å². The number of hydrogen-bond acceptors (Lipinski definition) is 4. The van der Waals surface area contributed by atoms with Crippen molar-refractivity contribution in [3.05, 3.63) is 119 Å². The summed E-state index contributed by atoms with van der Waals surface area (Å²) < 4.78 is 0. The smallest absolute Gasteiger partial charge is 0.0978 e. The minimum Gasteiger partial charge on any atom is -0.245 e. The van der Waals surface area contributed by atoms with Crippen molar-refractivity contribution < 1.29 is 0 Å². The monoisotopic (exact) mass is 496 g/mol. The van der Waals surface area contributed by atoms with Crippen molar-refractivity contribution in [3.63, 3.8) is 0 Å². The van der Waals surface area contributed by atoms with Crippen LogP contribution in [0.1, 0.15) is 0 Å². The van der Waals surface area contributed by atoms with Gasteiger partial charge in [-0.05, 0) is 57.3 Å². The van der Waals surface area contributed by atoms with Gasteiger partial charge in [-0.2, -0.15) is 22.7 Å². The molecule has 0 aliphatic carbocycles. The zero-order chi connectivity index (χ0) is 23.9. The van der Waals surface area contributed by atoms with Gasteiger partial charge in [0.15, 0.2) is 0 Å². The molecule has 0 aliphatic heterocycles. The van der Waals surface area contributed by atoms with Crippen molar-refractivity contribution in [1.29, 1.82) is 0 Å². The molecule has 0 unspecified atom stereocenters. The first-order chi connectivity index (χ1) is 17.8. The van der Waals surface area contributed by atoms with Gasteiger partial charge in [0, 0.05) is 32.7 Å². The van der Waals surface area contributed by atoms with E-state index in [0.717, 1.165) is 44.3 Å². The molecule has 0 atom stereocenters. The van der Waals surface area contributed by atoms with Crippen LogP contribution in [0.4, 0.5) is 0 Å². The number of pyridine rings is 2. The zero-order valence-corrected chi connectivity index (χ0v) is 20.9. The summed E-state index contributed by atoms with van der Waals surface area (Å²) in [5, 5.41) is 10.8. The second-order valence-corrected chi connectivity index (χ2v) is 10.3. The molecule has 0 radical (unpaired) electrons. The molecular formula is C32H20N2S2. The average molecular weight is 497 g/mol. The molecule has 4 aromatic heterocycles. The molecule has 7 rings (SSSR count). The molecule has 2 nitrogen and oxygen atoms in total. The predicted molar refractivity (Wildman–Crippen MR) is 155 cm³/mol. The molecule has 0 N–H and O–H groups in total. The highest BCUT2D eigenvalue weighted by atomic mass is 32.1. The molecule has 0 spiro atoms. The Balaban J connectivity index is 1.62. The van der Waals surface area contributed by atoms with Crippen molar-refractivity contribution in [1.82, 2.24) is 9.97 Å². The topological polar surface area (TPSA) is 25.8 Å². The van der Waals surface area contributed by atoms with Gasteiger partial charge >= 0.3 is 0 Å². The molecule has 0 bridgehead atoms. The van der Waals surface area contributed by atoms with E-state index < -0.39 is 0 Å². The lowest BCUT2D eigenvalue weighted by Crippen LogP contribution is -1.95. The second-order valence-electron chi connectivity index (χ2n) is 8.72. The molecule has 170 valence electrons. The van der Waals surface area contributed by atoms with Crippen molar-refractivity contribution in [2.24, 2.45) is 0 Å². The van der Waals surface area contributed by atoms with Crippen LogP contribution in [0.3, 0.4) is 0 Å². The number of fused-ring (bicyclic) bond motifs is 3. The van der Waals surface area contributed by atoms with Crippen LogP contribution in [-0.4, -0.2) is 9.97 Å². The van der Waals surface area contributed by atoms with E-state index in [-0.39, 0.29) is 0 Å². The third-order valence-electron chi connectivity index (χ3n) is 6.56. The normalized spacial score (nSPS) is 11.3. The minimum absolute atomic E-state index is 0.935. The Hall–Kier alpha value is -4.12. The van der Waals surface area contributed by atoms with E-state index in [1.165, 1.54) is 22.3 Å². The number of hydrogen-bond donors (Lipinski definition) is 0. The molecule has 4 heteroatoms. The van der Waals surface area contributed by atoms with Gasteiger partial charge in [-0.3, -0.25) is 0 Å². The van der Waals surface area contributed by atoms with Crippen LogP contribution in [-0.2, 0) is 0 Å². The first-order valence-electron chi connectivity index (χ1n) is 11.8. The molecule has 3 aromatic carbocycles. The summed E-state index contributed by atoms with van der Waals surface area (Å²) >= 11 is 3.38. The van der Waals surface area contributed by atoms with Crippen LogP contribution in [0.15, 0.2) is 119 Å². The van der Waals surface area contributed by atoms with Gasteiger partial charge in [0.05, 0.1) is 22.4 Å². The molecule has 0 amide bonds. The van der Waals surface area contributed by atoms with E-state index in [0.29, 0.717) is 0 Å². The van der Waals surface area contributed by atoms with E-state index in [1.54, 1.807) is 22.7 Å². The lowest BCUT2D eigenvalue weighted by molar-refractivity contribution is 1.37. The lowest BCUT2D eigenvalue weighted by atomic mass is 9.94. The first-order valence-corrected chi connectivity index (χ1v) is 13.7. The standard InChI is InChI=1S/C32H20N2S2/c1-3-7-21(8-4-1)27-17-29(23-13-15-35-19-23)33-31-25(27)11-12-26-28(22-9-5-2-6-10-22)18-30(34-32(26)31)24-14-16-36-20-24/h1-20H. The predicted octanol–water partition coefficient (Wildman–Crippen LogP) is 9.57. The third kappa shape index (κ3) is 3.63. The van der Waals surface area contributed by atoms with Crippen molar-refractivity contribution in [2.45, 2.75) is 0 Å². The third-order valence-corrected chi connectivity index (χ3v) is 7.93. The second kappa shape index (κ2) is 8.83. The summed E-state index contributed by atoms with van der Waals surface area (Å²) in [7, 11) is 0. The molecule has 0 aliphatic rings. The van der Waals surface area contributed by atoms with Gasteiger partial charge in [-0.15, -0.1) is 0 Å². The van der Waals surface area contributed by atoms with Crippen molar-refractivity contribution in [2.75, 3.05) is 0 Å². The molecule has 0 saturated carbocycles. The summed E-state index contributed by atoms with van der Waals surface area (Å²) in [6.07, 6.45) is 0. The SMILES string of the molecule is c1ccc(-c2cc(-c3ccsc3)nc3c2ccc2c(-c4ccccc4)cc(-c4ccsc4)nc23)cc1. The van der Waals surface area contributed by atoms with Crippen LogP contribution in [0, 0.1) is 0 Å². The maximum Gasteiger partial charge on any atom is 0.0978 e. The molecule has 0 fully saturated rings. The Morgan fingerprint density at radius 2 is 0.889 bits per heavy atom. The van der Waals surface area contributed by atoms with Gasteiger partial charge in [0.1, 0.15) is 0 Å². The van der Waals surface area contributed by atoms with Gasteiger partial charge in [0.2, 0.25) is 0 Å². The highest BCUT2D eigenvalue weighted by Gasteiger charge is 2.17. The van der Waals surface area contributed by atoms with Crippen LogP contribution in [0.5, 0.6) is 0 Å². The van der Waals surface area contributed by atoms with E-state index in [4.69, 9.17) is 9.97 Å². The number of rotatable bonds is 4. The van der Waals surface area contributed by atoms with Gasteiger partial charge in [0.25, 0.3) is 0 Å². The summed E-state index contributed by atoms with van der Waals surface area (Å²) in [6.45, 7) is 0. The fourth-order valence-corrected chi connectivity index (χ4v) is 6.10. The zero-order valence-electron chi connectivity index (χ0n) is 19.3. The quantitative estimate of drug-likeness (QED) is 0.227. The summed E-state index contributed by atoms with van der Waals surface area (Å²) in [6, 6.07) is 34.3. The molecule has 7 aromatic rings. The molecular weight excluding hydrogens is 477 g/mol. The molecule has 4 heterocycles. The highest BCUT2D eigenvalue weighted by molar-refractivity contribution is 7.08. The van der Waals surface area contributed by atoms with Crippen molar-refractivity contribution >= 4 is 44.5 Å². The van der Waals surface area contributed by atoms with Crippen LogP contribution < -0.4 is 0 Å². The fraction of sp³-hybridized carbons (Fsp3) is 0. The van der Waals surface area contributed by atoms with Crippen LogP contribution in [0.25, 0.3) is 66.6 Å². The Labute approximate surface area is 217 Å². The maximum absolute atomic E-state index is 5.24. The number of thiophene rings is 2. The summed E-state index contributed by atoms with van der Waals surface area (Å²) in [5.41, 5.74) is 10.8. The molecule has 36 heavy (non-hydrogen) atoms. The average Bonchev–Trinajstić information content (AvgIpc) is 3.68. The highest BCUT2D eigenvalue weighted by Crippen LogP contribution is 2.39. The Morgan fingerprint density at radius 3 is 1.28 bits per heavy atom. The Morgan fingerprint density at radius 1 is 0.444 bits per heavy atom. The van der Waals surface area contributed by atoms with Gasteiger partial charge in [-0.25, -0.2) is 9.97 Å². The minimum atomic E-state index is 0.935. The molecule has 0 saturated heterocycles. The van der Waals surface area contributed by atoms with E-state index in [2.05, 4.69) is 119 Å². The van der Waals surface area contributed by atoms with Crippen LogP contribution >= 0.6 is 22.7 Å².